The van der Waals surface area contributed by atoms with E-state index < -0.39 is 0 Å². The third kappa shape index (κ3) is 3.62. The van der Waals surface area contributed by atoms with Crippen LogP contribution in [0.3, 0.4) is 0 Å². The summed E-state index contributed by atoms with van der Waals surface area (Å²) in [6.07, 6.45) is 3.97. The molecule has 1 heterocycles. The van der Waals surface area contributed by atoms with Crippen LogP contribution < -0.4 is 5.73 Å². The molecule has 2 N–H and O–H groups in total. The molecule has 0 saturated heterocycles. The van der Waals surface area contributed by atoms with Gasteiger partial charge in [0.25, 0.3) is 0 Å². The number of hydrogen-bond donors (Lipinski definition) is 1. The number of nitrogens with zero attached hydrogens (tertiary/aromatic N) is 2. The molecule has 0 fully saturated rings. The molecule has 0 spiro atoms. The fourth-order valence-electron chi connectivity index (χ4n) is 1.88. The minimum absolute atomic E-state index is 0.720. The first-order valence-corrected chi connectivity index (χ1v) is 7.17. The van der Waals surface area contributed by atoms with E-state index in [0.29, 0.717) is 0 Å². The van der Waals surface area contributed by atoms with Crippen LogP contribution in [0.5, 0.6) is 0 Å². The molecule has 0 unspecified atom stereocenters. The lowest BCUT2D eigenvalue weighted by Crippen LogP contribution is -1.99. The van der Waals surface area contributed by atoms with Crippen LogP contribution in [0, 0.1) is 6.92 Å². The van der Waals surface area contributed by atoms with E-state index in [1.807, 2.05) is 0 Å². The van der Waals surface area contributed by atoms with Gasteiger partial charge in [-0.3, -0.25) is 0 Å². The summed E-state index contributed by atoms with van der Waals surface area (Å²) in [7, 11) is 0. The van der Waals surface area contributed by atoms with Gasteiger partial charge in [-0.15, -0.1) is 21.5 Å². The fourth-order valence-corrected chi connectivity index (χ4v) is 2.76. The Balaban J connectivity index is 1.90. The van der Waals surface area contributed by atoms with Crippen molar-refractivity contribution < 1.29 is 0 Å². The van der Waals surface area contributed by atoms with Crippen LogP contribution in [-0.2, 0) is 19.3 Å². The Morgan fingerprint density at radius 1 is 1.06 bits per heavy atom. The highest BCUT2D eigenvalue weighted by Crippen LogP contribution is 2.15. The molecule has 2 rings (SSSR count). The number of aromatic nitrogens is 2. The predicted molar refractivity (Wildman–Crippen MR) is 75.9 cm³/mol. The SMILES string of the molecule is Cc1ccccc1CCc1nnc(CCCN)s1. The van der Waals surface area contributed by atoms with Gasteiger partial charge >= 0.3 is 0 Å². The summed E-state index contributed by atoms with van der Waals surface area (Å²) in [5.41, 5.74) is 8.24. The second kappa shape index (κ2) is 6.61. The Morgan fingerprint density at radius 2 is 1.78 bits per heavy atom. The van der Waals surface area contributed by atoms with Crippen molar-refractivity contribution in [2.75, 3.05) is 6.54 Å². The Hall–Kier alpha value is -1.26. The maximum atomic E-state index is 5.49. The summed E-state index contributed by atoms with van der Waals surface area (Å²) in [6, 6.07) is 8.51. The van der Waals surface area contributed by atoms with Crippen LogP contribution in [0.25, 0.3) is 0 Å². The van der Waals surface area contributed by atoms with Crippen molar-refractivity contribution in [1.29, 1.82) is 0 Å². The van der Waals surface area contributed by atoms with Gasteiger partial charge in [0, 0.05) is 12.8 Å². The molecule has 0 atom stereocenters. The first-order valence-electron chi connectivity index (χ1n) is 6.35. The van der Waals surface area contributed by atoms with Gasteiger partial charge < -0.3 is 5.73 Å². The van der Waals surface area contributed by atoms with Crippen LogP contribution in [0.15, 0.2) is 24.3 Å². The summed E-state index contributed by atoms with van der Waals surface area (Å²) in [5, 5.41) is 10.7. The highest BCUT2D eigenvalue weighted by atomic mass is 32.1. The Labute approximate surface area is 112 Å². The molecular formula is C14H19N3S. The van der Waals surface area contributed by atoms with Gasteiger partial charge in [0.05, 0.1) is 0 Å². The van der Waals surface area contributed by atoms with E-state index in [-0.39, 0.29) is 0 Å². The summed E-state index contributed by atoms with van der Waals surface area (Å²) in [5.74, 6) is 0. The number of nitrogens with two attached hydrogens (primary N) is 1. The van der Waals surface area contributed by atoms with Gasteiger partial charge in [0.1, 0.15) is 10.0 Å². The summed E-state index contributed by atoms with van der Waals surface area (Å²) in [6.45, 7) is 2.88. The zero-order valence-electron chi connectivity index (χ0n) is 10.7. The van der Waals surface area contributed by atoms with E-state index in [4.69, 9.17) is 5.73 Å². The van der Waals surface area contributed by atoms with Gasteiger partial charge in [-0.2, -0.15) is 0 Å². The standard InChI is InChI=1S/C14H19N3S/c1-11-5-2-3-6-12(11)8-9-14-17-16-13(18-14)7-4-10-15/h2-3,5-6H,4,7-10,15H2,1H3. The lowest BCUT2D eigenvalue weighted by atomic mass is 10.0. The molecular weight excluding hydrogens is 242 g/mol. The highest BCUT2D eigenvalue weighted by Gasteiger charge is 2.05. The number of aryl methyl sites for hydroxylation is 4. The number of benzene rings is 1. The third-order valence-corrected chi connectivity index (χ3v) is 4.02. The zero-order valence-corrected chi connectivity index (χ0v) is 11.5. The van der Waals surface area contributed by atoms with Gasteiger partial charge in [-0.1, -0.05) is 24.3 Å². The molecule has 18 heavy (non-hydrogen) atoms. The molecule has 0 aliphatic heterocycles. The molecule has 1 aromatic carbocycles. The quantitative estimate of drug-likeness (QED) is 0.869. The van der Waals surface area contributed by atoms with E-state index in [2.05, 4.69) is 41.4 Å². The van der Waals surface area contributed by atoms with Crippen molar-refractivity contribution in [3.63, 3.8) is 0 Å². The van der Waals surface area contributed by atoms with E-state index >= 15 is 0 Å². The third-order valence-electron chi connectivity index (χ3n) is 2.97. The van der Waals surface area contributed by atoms with E-state index in [0.717, 1.165) is 42.2 Å². The van der Waals surface area contributed by atoms with Crippen molar-refractivity contribution >= 4 is 11.3 Å². The van der Waals surface area contributed by atoms with E-state index in [1.54, 1.807) is 11.3 Å². The Kier molecular flexibility index (Phi) is 4.84. The first kappa shape index (κ1) is 13.2. The average molecular weight is 261 g/mol. The van der Waals surface area contributed by atoms with Gasteiger partial charge in [-0.25, -0.2) is 0 Å². The first-order chi connectivity index (χ1) is 8.79. The average Bonchev–Trinajstić information content (AvgIpc) is 2.83. The van der Waals surface area contributed by atoms with E-state index in [9.17, 15) is 0 Å². The molecule has 4 heteroatoms. The molecule has 0 aliphatic rings. The summed E-state index contributed by atoms with van der Waals surface area (Å²) in [4.78, 5) is 0. The second-order valence-corrected chi connectivity index (χ2v) is 5.55. The highest BCUT2D eigenvalue weighted by molar-refractivity contribution is 7.11. The van der Waals surface area contributed by atoms with Crippen LogP contribution >= 0.6 is 11.3 Å². The van der Waals surface area contributed by atoms with Crippen LogP contribution in [-0.4, -0.2) is 16.7 Å². The molecule has 0 saturated carbocycles. The van der Waals surface area contributed by atoms with Crippen molar-refractivity contribution in [2.45, 2.75) is 32.6 Å². The lowest BCUT2D eigenvalue weighted by Gasteiger charge is -2.02. The minimum Gasteiger partial charge on any atom is -0.330 e. The largest absolute Gasteiger partial charge is 0.330 e. The molecule has 96 valence electrons. The predicted octanol–water partition coefficient (Wildman–Crippen LogP) is 2.52. The maximum Gasteiger partial charge on any atom is 0.117 e. The monoisotopic (exact) mass is 261 g/mol. The molecule has 1 aromatic heterocycles. The maximum absolute atomic E-state index is 5.49. The van der Waals surface area contributed by atoms with Gasteiger partial charge in [0.15, 0.2) is 0 Å². The minimum atomic E-state index is 0.720. The molecule has 0 amide bonds. The summed E-state index contributed by atoms with van der Waals surface area (Å²) < 4.78 is 0. The summed E-state index contributed by atoms with van der Waals surface area (Å²) >= 11 is 1.72. The van der Waals surface area contributed by atoms with Gasteiger partial charge in [-0.05, 0) is 37.4 Å². The normalized spacial score (nSPS) is 10.8. The van der Waals surface area contributed by atoms with E-state index in [1.165, 1.54) is 11.1 Å². The number of hydrogen-bond acceptors (Lipinski definition) is 4. The number of rotatable bonds is 6. The molecule has 0 bridgehead atoms. The zero-order chi connectivity index (χ0) is 12.8. The van der Waals surface area contributed by atoms with Crippen molar-refractivity contribution in [1.82, 2.24) is 10.2 Å². The van der Waals surface area contributed by atoms with Crippen molar-refractivity contribution in [3.8, 4) is 0 Å². The van der Waals surface area contributed by atoms with Crippen LogP contribution in [0.1, 0.15) is 27.6 Å². The molecule has 3 nitrogen and oxygen atoms in total. The van der Waals surface area contributed by atoms with Crippen molar-refractivity contribution in [2.24, 2.45) is 5.73 Å². The Bertz CT molecular complexity index is 493. The van der Waals surface area contributed by atoms with Crippen LogP contribution in [0.2, 0.25) is 0 Å². The molecule has 0 aliphatic carbocycles. The second-order valence-electron chi connectivity index (χ2n) is 4.41. The molecule has 0 radical (unpaired) electrons. The Morgan fingerprint density at radius 3 is 2.50 bits per heavy atom. The van der Waals surface area contributed by atoms with Crippen LogP contribution in [0.4, 0.5) is 0 Å². The topological polar surface area (TPSA) is 51.8 Å². The van der Waals surface area contributed by atoms with Gasteiger partial charge in [0.2, 0.25) is 0 Å². The lowest BCUT2D eigenvalue weighted by molar-refractivity contribution is 0.806. The fraction of sp³-hybridized carbons (Fsp3) is 0.429. The van der Waals surface area contributed by atoms with Crippen molar-refractivity contribution in [3.05, 3.63) is 45.4 Å². The smallest absolute Gasteiger partial charge is 0.117 e. The molecule has 2 aromatic rings.